The molecule has 23 heteroatoms. The summed E-state index contributed by atoms with van der Waals surface area (Å²) in [5.41, 5.74) is 23.3. The van der Waals surface area contributed by atoms with Gasteiger partial charge in [-0.3, -0.25) is 33.6 Å². The molecule has 0 aliphatic rings. The topological polar surface area (TPSA) is 360 Å². The fourth-order valence-electron chi connectivity index (χ4n) is 9.07. The minimum absolute atomic E-state index is 0.00847. The minimum atomic E-state index is -1.37. The van der Waals surface area contributed by atoms with Crippen LogP contribution < -0.4 is 38.1 Å². The Balaban J connectivity index is 1.57. The predicted molar refractivity (Wildman–Crippen MR) is 298 cm³/mol. The lowest BCUT2D eigenvalue weighted by molar-refractivity contribution is -0.145. The molecule has 0 spiro atoms. The Morgan fingerprint density at radius 2 is 1.13 bits per heavy atom. The van der Waals surface area contributed by atoms with Crippen molar-refractivity contribution in [2.75, 3.05) is 27.2 Å². The van der Waals surface area contributed by atoms with Gasteiger partial charge < -0.3 is 63.0 Å². The molecule has 0 saturated carbocycles. The Morgan fingerprint density at radius 3 is 1.71 bits per heavy atom. The number of aromatic hydroxyl groups is 1. The van der Waals surface area contributed by atoms with Gasteiger partial charge in [0.05, 0.1) is 0 Å². The Labute approximate surface area is 461 Å². The number of unbranched alkanes of at least 4 members (excludes halogenated alkanes) is 2. The zero-order chi connectivity index (χ0) is 58.3. The molecule has 12 N–H and O–H groups in total. The molecule has 0 saturated heterocycles. The number of carboxylic acids is 1. The van der Waals surface area contributed by atoms with Gasteiger partial charge in [-0.1, -0.05) is 99.9 Å². The number of aromatic amines is 1. The number of fused-ring (bicyclic) bond motifs is 1. The number of aliphatic carboxylic acids is 1. The van der Waals surface area contributed by atoms with Gasteiger partial charge in [0.25, 0.3) is 0 Å². The summed E-state index contributed by atoms with van der Waals surface area (Å²) in [5.74, 6) is -7.52. The lowest BCUT2D eigenvalue weighted by Gasteiger charge is -2.32. The van der Waals surface area contributed by atoms with Gasteiger partial charge >= 0.3 is 5.97 Å². The molecule has 79 heavy (non-hydrogen) atoms. The van der Waals surface area contributed by atoms with E-state index in [-0.39, 0.29) is 37.9 Å². The third kappa shape index (κ3) is 18.9. The number of aromatic nitrogens is 1. The highest BCUT2D eigenvalue weighted by Crippen LogP contribution is 2.22. The summed E-state index contributed by atoms with van der Waals surface area (Å²) in [6.45, 7) is 8.81. The van der Waals surface area contributed by atoms with E-state index in [0.29, 0.717) is 55.5 Å². The van der Waals surface area contributed by atoms with Crippen molar-refractivity contribution in [2.45, 2.75) is 141 Å². The van der Waals surface area contributed by atoms with Crippen LogP contribution in [0.3, 0.4) is 0 Å². The molecule has 0 aliphatic heterocycles. The summed E-state index contributed by atoms with van der Waals surface area (Å²) in [4.78, 5) is 121. The van der Waals surface area contributed by atoms with Gasteiger partial charge in [-0.2, -0.15) is 0 Å². The van der Waals surface area contributed by atoms with Crippen molar-refractivity contribution in [3.63, 3.8) is 0 Å². The predicted octanol–water partition coefficient (Wildman–Crippen LogP) is 3.33. The van der Waals surface area contributed by atoms with E-state index in [9.17, 15) is 54.1 Å². The first-order chi connectivity index (χ1) is 37.6. The number of carbonyl (C=O) groups is 8. The molecule has 1 heterocycles. The minimum Gasteiger partial charge on any atom is -0.508 e. The van der Waals surface area contributed by atoms with Crippen molar-refractivity contribution in [3.05, 3.63) is 112 Å². The van der Waals surface area contributed by atoms with Crippen molar-refractivity contribution in [1.29, 1.82) is 0 Å². The third-order valence-electron chi connectivity index (χ3n) is 13.8. The zero-order valence-electron chi connectivity index (χ0n) is 46.2. The number of amides is 7. The molecule has 0 bridgehead atoms. The van der Waals surface area contributed by atoms with Crippen LogP contribution in [0.2, 0.25) is 0 Å². The Hall–Kier alpha value is -8.01. The van der Waals surface area contributed by atoms with Crippen molar-refractivity contribution < 1.29 is 48.6 Å². The van der Waals surface area contributed by atoms with Gasteiger partial charge in [-0.25, -0.2) is 4.79 Å². The summed E-state index contributed by atoms with van der Waals surface area (Å²) in [6, 6.07) is 12.2. The Morgan fingerprint density at radius 1 is 0.608 bits per heavy atom. The van der Waals surface area contributed by atoms with E-state index in [2.05, 4.69) is 41.6 Å². The second-order valence-electron chi connectivity index (χ2n) is 20.5. The molecule has 0 fully saturated rings. The molecule has 8 atom stereocenters. The second kappa shape index (κ2) is 31.4. The molecule has 1 aromatic heterocycles. The molecule has 428 valence electrons. The zero-order valence-corrected chi connectivity index (χ0v) is 46.2. The number of carbonyl (C=O) groups excluding carboxylic acids is 7. The quantitative estimate of drug-likeness (QED) is 0.0146. The van der Waals surface area contributed by atoms with Gasteiger partial charge in [0.1, 0.15) is 54.1 Å². The van der Waals surface area contributed by atoms with E-state index >= 15 is 0 Å². The van der Waals surface area contributed by atoms with E-state index in [1.807, 2.05) is 24.3 Å². The summed E-state index contributed by atoms with van der Waals surface area (Å²) in [7, 11) is 2.80. The van der Waals surface area contributed by atoms with Crippen LogP contribution >= 0.6 is 0 Å². The highest BCUT2D eigenvalue weighted by atomic mass is 16.4. The maximum absolute atomic E-state index is 14.6. The third-order valence-corrected chi connectivity index (χ3v) is 13.8. The van der Waals surface area contributed by atoms with Gasteiger partial charge in [0, 0.05) is 55.4 Å². The van der Waals surface area contributed by atoms with Crippen LogP contribution in [0.4, 0.5) is 0 Å². The molecule has 0 radical (unpaired) electrons. The number of phenolic OH excluding ortho intramolecular Hbond substituents is 1. The monoisotopic (exact) mass is 1090 g/mol. The number of para-hydroxylation sites is 1. The maximum Gasteiger partial charge on any atom is 0.326 e. The normalized spacial score (nSPS) is 14.3. The number of rotatable bonds is 32. The SMILES string of the molecule is CC(C)[C@H](NC(=O)[C@H](Cc1ccc(O)cc1)NC(=O)[C@H](Cc1ccccc1)N(C)C(=O)[C@H](CCCCN)N=[N+]=[N-])C(=O)N[C@H](C(=O)N[C@@H](C)C(=O)N(C)[C@@H](Cc1c[nH]c2ccccc12)C(=O)N[C@@H](CCCCN)C(=O)O)C(C)C. The number of nitrogens with one attached hydrogen (secondary N) is 6. The molecule has 7 amide bonds. The summed E-state index contributed by atoms with van der Waals surface area (Å²) in [5, 5.41) is 38.1. The fraction of sp³-hybridized carbons (Fsp3) is 0.500. The van der Waals surface area contributed by atoms with Crippen LogP contribution in [-0.4, -0.2) is 148 Å². The van der Waals surface area contributed by atoms with Crippen molar-refractivity contribution in [1.82, 2.24) is 41.4 Å². The number of H-pyrrole nitrogens is 1. The highest BCUT2D eigenvalue weighted by Gasteiger charge is 2.38. The number of benzene rings is 3. The number of hydrogen-bond acceptors (Lipinski definition) is 12. The number of phenols is 1. The van der Waals surface area contributed by atoms with Crippen LogP contribution in [0.1, 0.15) is 89.8 Å². The average molecular weight is 1090 g/mol. The van der Waals surface area contributed by atoms with Gasteiger partial charge in [-0.05, 0) is 104 Å². The number of hydrogen-bond donors (Lipinski definition) is 10. The number of carboxylic acid groups (broad SMARTS) is 1. The average Bonchev–Trinajstić information content (AvgIpc) is 3.91. The number of nitrogens with two attached hydrogens (primary N) is 2. The first-order valence-corrected chi connectivity index (χ1v) is 26.7. The van der Waals surface area contributed by atoms with Crippen LogP contribution in [0.5, 0.6) is 5.75 Å². The van der Waals surface area contributed by atoms with E-state index in [4.69, 9.17) is 11.5 Å². The number of nitrogens with zero attached hydrogens (tertiary/aromatic N) is 5. The number of likely N-dealkylation sites (N-methyl/N-ethyl adjacent to an activating group) is 2. The van der Waals surface area contributed by atoms with Gasteiger partial charge in [0.2, 0.25) is 41.4 Å². The summed E-state index contributed by atoms with van der Waals surface area (Å²) in [6.07, 6.45) is 3.91. The van der Waals surface area contributed by atoms with Crippen LogP contribution in [-0.2, 0) is 57.6 Å². The van der Waals surface area contributed by atoms with Crippen LogP contribution in [0.15, 0.2) is 90.2 Å². The molecule has 4 aromatic rings. The standard InChI is InChI=1S/C56H79N13O10/c1-33(2)47(52(74)61-35(5)54(76)68(6)46(31-38-32-60-41-20-12-11-19-40(38)41)51(73)62-43(56(78)79)22-14-16-28-58)65-53(75)48(34(3)4)64-49(71)44(29-37-23-25-39(70)26-24-37)63-50(72)45(30-36-17-9-8-10-18-36)69(7)55(77)42(66-67-59)21-13-15-27-57/h8-12,17-20,23-26,32-35,42-48,60,70H,13-16,21-22,27-31,57-58H2,1-7H3,(H,61,74)(H,62,73)(H,63,72)(H,64,71)(H,65,75)(H,78,79)/t35-,42-,43-,44-,45-,46-,47-,48-/m0/s1. The smallest absolute Gasteiger partial charge is 0.326 e. The first-order valence-electron chi connectivity index (χ1n) is 26.7. The fourth-order valence-corrected chi connectivity index (χ4v) is 9.07. The first kappa shape index (κ1) is 63.5. The molecule has 3 aromatic carbocycles. The van der Waals surface area contributed by atoms with Gasteiger partial charge in [-0.15, -0.1) is 0 Å². The molecule has 23 nitrogen and oxygen atoms in total. The van der Waals surface area contributed by atoms with E-state index < -0.39 is 107 Å². The van der Waals surface area contributed by atoms with E-state index in [1.54, 1.807) is 76.4 Å². The van der Waals surface area contributed by atoms with Crippen molar-refractivity contribution >= 4 is 58.2 Å². The molecular formula is C56H79N13O10. The second-order valence-corrected chi connectivity index (χ2v) is 20.5. The number of azide groups is 1. The molecule has 0 unspecified atom stereocenters. The van der Waals surface area contributed by atoms with Crippen LogP contribution in [0, 0.1) is 11.8 Å². The largest absolute Gasteiger partial charge is 0.508 e. The summed E-state index contributed by atoms with van der Waals surface area (Å²) >= 11 is 0. The van der Waals surface area contributed by atoms with E-state index in [1.165, 1.54) is 38.1 Å². The summed E-state index contributed by atoms with van der Waals surface area (Å²) < 4.78 is 0. The highest BCUT2D eigenvalue weighted by molar-refractivity contribution is 5.98. The Kier molecular flexibility index (Phi) is 25.3. The Bertz CT molecular complexity index is 2730. The van der Waals surface area contributed by atoms with E-state index in [0.717, 1.165) is 15.8 Å². The molecule has 0 aliphatic carbocycles. The molecular weight excluding hydrogens is 1010 g/mol. The van der Waals surface area contributed by atoms with Crippen molar-refractivity contribution in [2.24, 2.45) is 28.4 Å². The van der Waals surface area contributed by atoms with Gasteiger partial charge in [0.15, 0.2) is 0 Å². The maximum atomic E-state index is 14.6. The lowest BCUT2D eigenvalue weighted by Crippen LogP contribution is -2.61. The lowest BCUT2D eigenvalue weighted by atomic mass is 9.98. The van der Waals surface area contributed by atoms with Crippen LogP contribution in [0.25, 0.3) is 21.3 Å². The van der Waals surface area contributed by atoms with Crippen molar-refractivity contribution in [3.8, 4) is 5.75 Å². The molecule has 4 rings (SSSR count).